The maximum atomic E-state index is 12.7. The minimum atomic E-state index is -0.170. The van der Waals surface area contributed by atoms with Crippen LogP contribution >= 0.6 is 0 Å². The quantitative estimate of drug-likeness (QED) is 0.764. The molecular formula is C20H25N5O2. The second kappa shape index (κ2) is 7.90. The molecule has 0 aromatic carbocycles. The van der Waals surface area contributed by atoms with E-state index in [0.717, 1.165) is 55.8 Å². The molecule has 7 nitrogen and oxygen atoms in total. The van der Waals surface area contributed by atoms with E-state index in [4.69, 9.17) is 0 Å². The number of fused-ring (bicyclic) bond motifs is 1. The summed E-state index contributed by atoms with van der Waals surface area (Å²) in [5, 5.41) is 4.51. The minimum absolute atomic E-state index is 0.0235. The Hall–Kier alpha value is -2.70. The van der Waals surface area contributed by atoms with E-state index in [-0.39, 0.29) is 18.0 Å². The van der Waals surface area contributed by atoms with Gasteiger partial charge in [0.15, 0.2) is 0 Å². The van der Waals surface area contributed by atoms with Crippen LogP contribution in [0.3, 0.4) is 0 Å². The van der Waals surface area contributed by atoms with E-state index in [1.54, 1.807) is 12.3 Å². The Labute approximate surface area is 158 Å². The highest BCUT2D eigenvalue weighted by Crippen LogP contribution is 2.17. The van der Waals surface area contributed by atoms with E-state index >= 15 is 0 Å². The molecule has 0 saturated carbocycles. The lowest BCUT2D eigenvalue weighted by Crippen LogP contribution is -2.50. The molecule has 27 heavy (non-hydrogen) atoms. The summed E-state index contributed by atoms with van der Waals surface area (Å²) in [6.07, 6.45) is 6.97. The standard InChI is InChI=1S/C20H25N5O2/c26-19-14-16-6-2-1-3-7-17(16)22-25(19)15-20(27)24-12-10-23(11-13-24)18-8-4-5-9-21-18/h4-5,8-9,14H,1-3,6-7,10-13,15H2. The Balaban J connectivity index is 1.40. The topological polar surface area (TPSA) is 71.3 Å². The Bertz CT molecular complexity index is 856. The molecule has 0 radical (unpaired) electrons. The number of carbonyl (C=O) groups excluding carboxylic acids is 1. The molecule has 0 N–H and O–H groups in total. The van der Waals surface area contributed by atoms with E-state index in [0.29, 0.717) is 13.1 Å². The van der Waals surface area contributed by atoms with E-state index in [1.165, 1.54) is 11.1 Å². The van der Waals surface area contributed by atoms with Crippen LogP contribution in [-0.2, 0) is 24.2 Å². The molecular weight excluding hydrogens is 342 g/mol. The zero-order valence-corrected chi connectivity index (χ0v) is 15.5. The highest BCUT2D eigenvalue weighted by atomic mass is 16.2. The first kappa shape index (κ1) is 17.7. The van der Waals surface area contributed by atoms with Crippen LogP contribution in [0.15, 0.2) is 35.3 Å². The lowest BCUT2D eigenvalue weighted by molar-refractivity contribution is -0.132. The number of nitrogens with zero attached hydrogens (tertiary/aromatic N) is 5. The fraction of sp³-hybridized carbons (Fsp3) is 0.500. The van der Waals surface area contributed by atoms with Gasteiger partial charge in [0, 0.05) is 38.4 Å². The molecule has 1 aliphatic heterocycles. The average molecular weight is 367 g/mol. The summed E-state index contributed by atoms with van der Waals surface area (Å²) in [6, 6.07) is 7.53. The molecule has 0 bridgehead atoms. The van der Waals surface area contributed by atoms with Gasteiger partial charge in [-0.15, -0.1) is 0 Å². The number of hydrogen-bond acceptors (Lipinski definition) is 5. The molecule has 1 fully saturated rings. The Morgan fingerprint density at radius 1 is 1.04 bits per heavy atom. The maximum absolute atomic E-state index is 12.7. The number of hydrogen-bond donors (Lipinski definition) is 0. The van der Waals surface area contributed by atoms with E-state index in [2.05, 4.69) is 15.0 Å². The molecule has 4 rings (SSSR count). The van der Waals surface area contributed by atoms with Gasteiger partial charge in [-0.05, 0) is 43.4 Å². The molecule has 0 atom stereocenters. The number of rotatable bonds is 3. The van der Waals surface area contributed by atoms with Crippen LogP contribution in [-0.4, -0.2) is 51.8 Å². The van der Waals surface area contributed by atoms with Crippen molar-refractivity contribution in [2.45, 2.75) is 38.6 Å². The van der Waals surface area contributed by atoms with E-state index in [1.807, 2.05) is 23.1 Å². The SMILES string of the molecule is O=C(Cn1nc2c(cc1=O)CCCCC2)N1CCN(c2ccccn2)CC1. The first-order chi connectivity index (χ1) is 13.2. The van der Waals surface area contributed by atoms with Gasteiger partial charge in [-0.25, -0.2) is 9.67 Å². The van der Waals surface area contributed by atoms with Crippen LogP contribution in [0.25, 0.3) is 0 Å². The predicted octanol–water partition coefficient (Wildman–Crippen LogP) is 1.26. The number of pyridine rings is 1. The molecule has 142 valence electrons. The van der Waals surface area contributed by atoms with Crippen molar-refractivity contribution in [3.8, 4) is 0 Å². The molecule has 1 amide bonds. The summed E-state index contributed by atoms with van der Waals surface area (Å²) in [6.45, 7) is 2.78. The van der Waals surface area contributed by atoms with Crippen molar-refractivity contribution >= 4 is 11.7 Å². The number of carbonyl (C=O) groups is 1. The summed E-state index contributed by atoms with van der Waals surface area (Å²) >= 11 is 0. The third-order valence-corrected chi connectivity index (χ3v) is 5.41. The third kappa shape index (κ3) is 4.02. The van der Waals surface area contributed by atoms with Crippen molar-refractivity contribution in [1.29, 1.82) is 0 Å². The van der Waals surface area contributed by atoms with Crippen molar-refractivity contribution < 1.29 is 4.79 Å². The van der Waals surface area contributed by atoms with Crippen LogP contribution in [0, 0.1) is 0 Å². The van der Waals surface area contributed by atoms with E-state index < -0.39 is 0 Å². The molecule has 1 aliphatic carbocycles. The number of aryl methyl sites for hydroxylation is 2. The molecule has 7 heteroatoms. The fourth-order valence-corrected chi connectivity index (χ4v) is 3.84. The van der Waals surface area contributed by atoms with Crippen LogP contribution in [0.1, 0.15) is 30.5 Å². The number of piperazine rings is 1. The number of aromatic nitrogens is 3. The lowest BCUT2D eigenvalue weighted by atomic mass is 10.1. The van der Waals surface area contributed by atoms with Crippen LogP contribution < -0.4 is 10.5 Å². The first-order valence-electron chi connectivity index (χ1n) is 9.74. The predicted molar refractivity (Wildman–Crippen MR) is 103 cm³/mol. The van der Waals surface area contributed by atoms with Gasteiger partial charge in [0.1, 0.15) is 12.4 Å². The summed E-state index contributed by atoms with van der Waals surface area (Å²) in [7, 11) is 0. The highest BCUT2D eigenvalue weighted by molar-refractivity contribution is 5.76. The zero-order chi connectivity index (χ0) is 18.6. The monoisotopic (exact) mass is 367 g/mol. The Kier molecular flexibility index (Phi) is 5.18. The fourth-order valence-electron chi connectivity index (χ4n) is 3.84. The zero-order valence-electron chi connectivity index (χ0n) is 15.5. The van der Waals surface area contributed by atoms with Gasteiger partial charge in [-0.1, -0.05) is 12.5 Å². The molecule has 1 saturated heterocycles. The van der Waals surface area contributed by atoms with E-state index in [9.17, 15) is 9.59 Å². The molecule has 2 aromatic heterocycles. The molecule has 0 spiro atoms. The number of anilines is 1. The van der Waals surface area contributed by atoms with Crippen molar-refractivity contribution in [2.24, 2.45) is 0 Å². The first-order valence-corrected chi connectivity index (χ1v) is 9.74. The summed E-state index contributed by atoms with van der Waals surface area (Å²) in [5.41, 5.74) is 1.88. The number of amides is 1. The molecule has 2 aliphatic rings. The smallest absolute Gasteiger partial charge is 0.267 e. The van der Waals surface area contributed by atoms with Gasteiger partial charge in [-0.2, -0.15) is 5.10 Å². The summed E-state index contributed by atoms with van der Waals surface area (Å²) in [4.78, 5) is 33.4. The van der Waals surface area contributed by atoms with Crippen molar-refractivity contribution in [1.82, 2.24) is 19.7 Å². The summed E-state index contributed by atoms with van der Waals surface area (Å²) in [5.74, 6) is 0.895. The highest BCUT2D eigenvalue weighted by Gasteiger charge is 2.23. The largest absolute Gasteiger partial charge is 0.353 e. The lowest BCUT2D eigenvalue weighted by Gasteiger charge is -2.35. The van der Waals surface area contributed by atoms with Gasteiger partial charge in [0.05, 0.1) is 5.69 Å². The van der Waals surface area contributed by atoms with Crippen LogP contribution in [0.5, 0.6) is 0 Å². The Morgan fingerprint density at radius 2 is 1.85 bits per heavy atom. The van der Waals surface area contributed by atoms with Gasteiger partial charge in [0.2, 0.25) is 5.91 Å². The normalized spacial score (nSPS) is 17.3. The molecule has 2 aromatic rings. The van der Waals surface area contributed by atoms with Crippen LogP contribution in [0.4, 0.5) is 5.82 Å². The van der Waals surface area contributed by atoms with Gasteiger partial charge >= 0.3 is 0 Å². The second-order valence-electron chi connectivity index (χ2n) is 7.23. The van der Waals surface area contributed by atoms with Gasteiger partial charge < -0.3 is 9.80 Å². The average Bonchev–Trinajstić information content (AvgIpc) is 2.94. The van der Waals surface area contributed by atoms with Crippen molar-refractivity contribution in [3.63, 3.8) is 0 Å². The molecule has 0 unspecified atom stereocenters. The van der Waals surface area contributed by atoms with Crippen molar-refractivity contribution in [3.05, 3.63) is 52.1 Å². The Morgan fingerprint density at radius 3 is 2.63 bits per heavy atom. The second-order valence-corrected chi connectivity index (χ2v) is 7.23. The molecule has 3 heterocycles. The van der Waals surface area contributed by atoms with Gasteiger partial charge in [-0.3, -0.25) is 9.59 Å². The van der Waals surface area contributed by atoms with Crippen molar-refractivity contribution in [2.75, 3.05) is 31.1 Å². The third-order valence-electron chi connectivity index (χ3n) is 5.41. The minimum Gasteiger partial charge on any atom is -0.353 e. The van der Waals surface area contributed by atoms with Crippen LogP contribution in [0.2, 0.25) is 0 Å². The summed E-state index contributed by atoms with van der Waals surface area (Å²) < 4.78 is 1.34. The maximum Gasteiger partial charge on any atom is 0.267 e. The van der Waals surface area contributed by atoms with Gasteiger partial charge in [0.25, 0.3) is 5.56 Å².